The number of aliphatic hydroxyl groups is 1. The van der Waals surface area contributed by atoms with Crippen molar-refractivity contribution in [2.24, 2.45) is 22.6 Å². The predicted molar refractivity (Wildman–Crippen MR) is 176 cm³/mol. The maximum Gasteiger partial charge on any atom is 0.222 e. The smallest absolute Gasteiger partial charge is 0.222 e. The quantitative estimate of drug-likeness (QED) is 0.195. The van der Waals surface area contributed by atoms with Crippen LogP contribution in [0.25, 0.3) is 0 Å². The number of nitrogens with one attached hydrogen (secondary N) is 1. The number of likely N-dealkylation sites (N-methyl/N-ethyl adjacent to an activating group) is 1. The number of aliphatic hydroxyl groups excluding tert-OH is 1. The number of carbonyl (C=O) groups is 2. The third-order valence-corrected chi connectivity index (χ3v) is 9.95. The number of nitrogens with two attached hydrogens (primary N) is 1. The Hall–Kier alpha value is -2.65. The summed E-state index contributed by atoms with van der Waals surface area (Å²) in [5.74, 6) is 2.10. The van der Waals surface area contributed by atoms with Crippen LogP contribution < -0.4 is 15.8 Å². The van der Waals surface area contributed by atoms with Gasteiger partial charge in [0.05, 0.1) is 18.8 Å². The van der Waals surface area contributed by atoms with E-state index in [0.29, 0.717) is 37.5 Å². The summed E-state index contributed by atoms with van der Waals surface area (Å²) in [6.45, 7) is 4.29. The molecule has 2 saturated carbocycles. The first-order valence-electron chi connectivity index (χ1n) is 17.4. The number of rotatable bonds is 17. The Morgan fingerprint density at radius 1 is 1.05 bits per heavy atom. The summed E-state index contributed by atoms with van der Waals surface area (Å²) in [5, 5.41) is 12.4. The summed E-state index contributed by atoms with van der Waals surface area (Å²) >= 11 is 0. The maximum absolute atomic E-state index is 13.5. The Bertz CT molecular complexity index is 1090. The van der Waals surface area contributed by atoms with Crippen LogP contribution in [-0.4, -0.2) is 71.6 Å². The van der Waals surface area contributed by atoms with Gasteiger partial charge < -0.3 is 25.4 Å². The minimum atomic E-state index is -0.496. The number of fused-ring (bicyclic) bond motifs is 1. The molecular formula is C35H57N5O4. The molecule has 2 fully saturated rings. The fourth-order valence-corrected chi connectivity index (χ4v) is 7.32. The summed E-state index contributed by atoms with van der Waals surface area (Å²) in [5.41, 5.74) is 8.19. The van der Waals surface area contributed by atoms with Gasteiger partial charge in [-0.3, -0.25) is 14.9 Å². The summed E-state index contributed by atoms with van der Waals surface area (Å²) < 4.78 is 6.10. The SMILES string of the molecule is CNC(C(=O)C1CCCCC1C)N1Cc2cc(OCCCCCCC(=O)N(CCCCO)C3CCCCC3)ccc2N=C1N. The number of amides is 1. The van der Waals surface area contributed by atoms with Gasteiger partial charge in [0.25, 0.3) is 0 Å². The second-order valence-corrected chi connectivity index (χ2v) is 13.2. The lowest BCUT2D eigenvalue weighted by atomic mass is 9.77. The molecule has 4 N–H and O–H groups in total. The van der Waals surface area contributed by atoms with E-state index >= 15 is 0 Å². The molecule has 3 unspecified atom stereocenters. The number of hydrogen-bond acceptors (Lipinski definition) is 8. The van der Waals surface area contributed by atoms with Crippen LogP contribution in [0.15, 0.2) is 23.2 Å². The third-order valence-electron chi connectivity index (χ3n) is 9.95. The fourth-order valence-electron chi connectivity index (χ4n) is 7.32. The molecule has 246 valence electrons. The first-order valence-corrected chi connectivity index (χ1v) is 17.4. The van der Waals surface area contributed by atoms with E-state index in [2.05, 4.69) is 22.1 Å². The topological polar surface area (TPSA) is 120 Å². The average Bonchev–Trinajstić information content (AvgIpc) is 3.03. The molecule has 1 heterocycles. The molecule has 1 aromatic carbocycles. The van der Waals surface area contributed by atoms with Gasteiger partial charge in [-0.25, -0.2) is 4.99 Å². The van der Waals surface area contributed by atoms with Gasteiger partial charge in [0.1, 0.15) is 11.9 Å². The number of hydrogen-bond donors (Lipinski definition) is 3. The van der Waals surface area contributed by atoms with E-state index in [0.717, 1.165) is 94.2 Å². The number of unbranched alkanes of at least 4 members (excludes halogenated alkanes) is 4. The molecule has 0 aromatic heterocycles. The van der Waals surface area contributed by atoms with E-state index in [1.54, 1.807) is 0 Å². The summed E-state index contributed by atoms with van der Waals surface area (Å²) in [4.78, 5) is 35.2. The van der Waals surface area contributed by atoms with Crippen molar-refractivity contribution >= 4 is 23.3 Å². The second-order valence-electron chi connectivity index (χ2n) is 13.2. The van der Waals surface area contributed by atoms with Gasteiger partial charge in [-0.15, -0.1) is 0 Å². The standard InChI is InChI=1S/C35H57N5O4/c1-26-14-9-10-17-30(26)33(43)34(37-2)40-25-27-24-29(19-20-31(27)38-35(40)36)44-23-13-4-3-8-18-32(42)39(21-11-12-22-41)28-15-6-5-7-16-28/h19-20,24,26,28,30,34,37,41H,3-18,21-23,25H2,1-2H3,(H2,36,38). The molecule has 1 amide bonds. The number of ether oxygens (including phenoxy) is 1. The van der Waals surface area contributed by atoms with Crippen LogP contribution in [0.4, 0.5) is 5.69 Å². The first kappa shape index (κ1) is 34.2. The molecule has 0 saturated heterocycles. The fraction of sp³-hybridized carbons (Fsp3) is 0.743. The van der Waals surface area contributed by atoms with E-state index in [9.17, 15) is 14.7 Å². The van der Waals surface area contributed by atoms with Crippen LogP contribution in [0.5, 0.6) is 5.75 Å². The van der Waals surface area contributed by atoms with Gasteiger partial charge >= 0.3 is 0 Å². The molecule has 2 aliphatic carbocycles. The number of carbonyl (C=O) groups excluding carboxylic acids is 2. The lowest BCUT2D eigenvalue weighted by Gasteiger charge is -2.38. The highest BCUT2D eigenvalue weighted by molar-refractivity contribution is 5.92. The lowest BCUT2D eigenvalue weighted by molar-refractivity contribution is -0.134. The number of aliphatic imine (C=N–C) groups is 1. The van der Waals surface area contributed by atoms with Gasteiger partial charge in [0.15, 0.2) is 11.7 Å². The zero-order valence-electron chi connectivity index (χ0n) is 27.3. The maximum atomic E-state index is 13.5. The van der Waals surface area contributed by atoms with Crippen molar-refractivity contribution in [3.8, 4) is 5.75 Å². The van der Waals surface area contributed by atoms with Crippen molar-refractivity contribution in [1.29, 1.82) is 0 Å². The largest absolute Gasteiger partial charge is 0.494 e. The van der Waals surface area contributed by atoms with Crippen LogP contribution in [-0.2, 0) is 16.1 Å². The zero-order chi connectivity index (χ0) is 31.3. The van der Waals surface area contributed by atoms with Crippen LogP contribution >= 0.6 is 0 Å². The Morgan fingerprint density at radius 3 is 2.55 bits per heavy atom. The van der Waals surface area contributed by atoms with E-state index in [4.69, 9.17) is 10.5 Å². The van der Waals surface area contributed by atoms with Crippen molar-refractivity contribution in [1.82, 2.24) is 15.1 Å². The van der Waals surface area contributed by atoms with Gasteiger partial charge in [0, 0.05) is 37.1 Å². The Morgan fingerprint density at radius 2 is 1.80 bits per heavy atom. The molecule has 9 heteroatoms. The molecule has 3 aliphatic rings. The number of guanidine groups is 1. The van der Waals surface area contributed by atoms with Gasteiger partial charge in [-0.2, -0.15) is 0 Å². The first-order chi connectivity index (χ1) is 21.4. The molecule has 0 bridgehead atoms. The molecule has 1 aliphatic heterocycles. The number of nitrogens with zero attached hydrogens (tertiary/aromatic N) is 3. The van der Waals surface area contributed by atoms with Crippen LogP contribution in [0.2, 0.25) is 0 Å². The monoisotopic (exact) mass is 611 g/mol. The number of Topliss-reactive ketones (excluding diaryl/α,β-unsaturated/α-hetero) is 1. The summed E-state index contributed by atoms with van der Waals surface area (Å²) in [7, 11) is 1.82. The highest BCUT2D eigenvalue weighted by Crippen LogP contribution is 2.34. The Labute approximate surface area is 265 Å². The molecular weight excluding hydrogens is 554 g/mol. The molecule has 4 rings (SSSR count). The Kier molecular flexibility index (Phi) is 13.8. The molecule has 0 radical (unpaired) electrons. The van der Waals surface area contributed by atoms with E-state index in [1.165, 1.54) is 25.7 Å². The van der Waals surface area contributed by atoms with E-state index in [1.807, 2.05) is 30.1 Å². The van der Waals surface area contributed by atoms with Crippen molar-refractivity contribution in [2.45, 2.75) is 128 Å². The van der Waals surface area contributed by atoms with Crippen molar-refractivity contribution in [3.63, 3.8) is 0 Å². The van der Waals surface area contributed by atoms with Crippen LogP contribution in [0.1, 0.15) is 115 Å². The zero-order valence-corrected chi connectivity index (χ0v) is 27.3. The highest BCUT2D eigenvalue weighted by Gasteiger charge is 2.37. The average molecular weight is 612 g/mol. The minimum Gasteiger partial charge on any atom is -0.494 e. The molecule has 3 atom stereocenters. The third kappa shape index (κ3) is 9.43. The van der Waals surface area contributed by atoms with Crippen molar-refractivity contribution in [2.75, 3.05) is 26.8 Å². The van der Waals surface area contributed by atoms with Crippen LogP contribution in [0.3, 0.4) is 0 Å². The van der Waals surface area contributed by atoms with Gasteiger partial charge in [-0.05, 0) is 76.1 Å². The van der Waals surface area contributed by atoms with E-state index < -0.39 is 6.17 Å². The normalized spacial score (nSPS) is 21.3. The van der Waals surface area contributed by atoms with Crippen molar-refractivity contribution in [3.05, 3.63) is 23.8 Å². The highest BCUT2D eigenvalue weighted by atomic mass is 16.5. The number of ketones is 1. The molecule has 1 aromatic rings. The number of benzene rings is 1. The van der Waals surface area contributed by atoms with Gasteiger partial charge in [0.2, 0.25) is 5.91 Å². The molecule has 0 spiro atoms. The second kappa shape index (κ2) is 17.7. The summed E-state index contributed by atoms with van der Waals surface area (Å²) in [6, 6.07) is 6.29. The Balaban J connectivity index is 1.20. The lowest BCUT2D eigenvalue weighted by Crippen LogP contribution is -2.57. The van der Waals surface area contributed by atoms with Crippen molar-refractivity contribution < 1.29 is 19.4 Å². The van der Waals surface area contributed by atoms with E-state index in [-0.39, 0.29) is 24.2 Å². The molecule has 44 heavy (non-hydrogen) atoms. The minimum absolute atomic E-state index is 0.0517. The summed E-state index contributed by atoms with van der Waals surface area (Å²) in [6.07, 6.45) is 15.9. The molecule has 9 nitrogen and oxygen atoms in total. The van der Waals surface area contributed by atoms with Gasteiger partial charge in [-0.1, -0.05) is 58.3 Å². The predicted octanol–water partition coefficient (Wildman–Crippen LogP) is 5.65. The van der Waals surface area contributed by atoms with Crippen LogP contribution in [0, 0.1) is 11.8 Å².